The molecule has 1 aromatic rings. The van der Waals surface area contributed by atoms with E-state index >= 15 is 0 Å². The van der Waals surface area contributed by atoms with Crippen LogP contribution in [0.15, 0.2) is 12.4 Å². The molecule has 5 heteroatoms. The van der Waals surface area contributed by atoms with E-state index in [1.165, 1.54) is 17.9 Å². The first-order chi connectivity index (χ1) is 9.04. The van der Waals surface area contributed by atoms with E-state index in [1.54, 1.807) is 0 Å². The lowest BCUT2D eigenvalue weighted by molar-refractivity contribution is 0.421. The molecule has 1 aromatic heterocycles. The molecule has 1 aliphatic rings. The Bertz CT molecular complexity index is 395. The summed E-state index contributed by atoms with van der Waals surface area (Å²) in [6, 6.07) is 0. The Hall–Kier alpha value is -0.810. The van der Waals surface area contributed by atoms with Gasteiger partial charge < -0.3 is 10.2 Å². The lowest BCUT2D eigenvalue weighted by Crippen LogP contribution is -2.35. The van der Waals surface area contributed by atoms with E-state index in [-0.39, 0.29) is 5.54 Å². The zero-order chi connectivity index (χ0) is 13.7. The topological polar surface area (TPSA) is 41.1 Å². The predicted molar refractivity (Wildman–Crippen MR) is 82.8 cm³/mol. The average molecular weight is 280 g/mol. The summed E-state index contributed by atoms with van der Waals surface area (Å²) in [5, 5.41) is 3.46. The van der Waals surface area contributed by atoms with Gasteiger partial charge in [-0.25, -0.2) is 4.98 Å². The van der Waals surface area contributed by atoms with Gasteiger partial charge in [-0.3, -0.25) is 4.98 Å². The molecule has 0 bridgehead atoms. The number of aromatic nitrogens is 2. The molecular formula is C14H24N4S. The second-order valence-electron chi connectivity index (χ2n) is 5.93. The Kier molecular flexibility index (Phi) is 5.05. The van der Waals surface area contributed by atoms with Gasteiger partial charge >= 0.3 is 0 Å². The maximum absolute atomic E-state index is 4.73. The predicted octanol–water partition coefficient (Wildman–Crippen LogP) is 2.31. The van der Waals surface area contributed by atoms with Crippen LogP contribution in [0, 0.1) is 0 Å². The van der Waals surface area contributed by atoms with E-state index in [2.05, 4.69) is 36.0 Å². The van der Waals surface area contributed by atoms with Crippen molar-refractivity contribution >= 4 is 17.6 Å². The molecule has 0 aliphatic carbocycles. The number of nitrogens with zero attached hydrogens (tertiary/aromatic N) is 3. The summed E-state index contributed by atoms with van der Waals surface area (Å²) in [7, 11) is 0. The molecule has 0 radical (unpaired) electrons. The zero-order valence-corrected chi connectivity index (χ0v) is 13.0. The van der Waals surface area contributed by atoms with Gasteiger partial charge in [0.2, 0.25) is 0 Å². The van der Waals surface area contributed by atoms with Crippen molar-refractivity contribution in [2.45, 2.75) is 39.3 Å². The van der Waals surface area contributed by atoms with Crippen molar-refractivity contribution in [2.75, 3.05) is 29.5 Å². The average Bonchev–Trinajstić information content (AvgIpc) is 2.65. The first kappa shape index (κ1) is 14.6. The molecule has 1 saturated heterocycles. The monoisotopic (exact) mass is 280 g/mol. The van der Waals surface area contributed by atoms with E-state index < -0.39 is 0 Å². The number of nitrogens with one attached hydrogen (secondary N) is 1. The molecule has 0 saturated carbocycles. The van der Waals surface area contributed by atoms with Crippen molar-refractivity contribution in [2.24, 2.45) is 0 Å². The van der Waals surface area contributed by atoms with Crippen molar-refractivity contribution in [3.05, 3.63) is 18.1 Å². The molecule has 1 fully saturated rings. The molecule has 1 aliphatic heterocycles. The van der Waals surface area contributed by atoms with Crippen LogP contribution in [0.2, 0.25) is 0 Å². The molecule has 2 rings (SSSR count). The van der Waals surface area contributed by atoms with E-state index in [1.807, 2.05) is 24.2 Å². The fourth-order valence-electron chi connectivity index (χ4n) is 1.96. The van der Waals surface area contributed by atoms with Gasteiger partial charge in [-0.1, -0.05) is 0 Å². The minimum atomic E-state index is 0.108. The Morgan fingerprint density at radius 1 is 1.26 bits per heavy atom. The highest BCUT2D eigenvalue weighted by molar-refractivity contribution is 7.99. The van der Waals surface area contributed by atoms with Crippen molar-refractivity contribution < 1.29 is 0 Å². The summed E-state index contributed by atoms with van der Waals surface area (Å²) in [5.41, 5.74) is 1.13. The van der Waals surface area contributed by atoms with E-state index in [0.717, 1.165) is 31.1 Å². The van der Waals surface area contributed by atoms with E-state index in [4.69, 9.17) is 4.98 Å². The first-order valence-corrected chi connectivity index (χ1v) is 8.09. The highest BCUT2D eigenvalue weighted by Crippen LogP contribution is 2.16. The van der Waals surface area contributed by atoms with E-state index in [0.29, 0.717) is 0 Å². The number of rotatable bonds is 3. The zero-order valence-electron chi connectivity index (χ0n) is 12.1. The van der Waals surface area contributed by atoms with Crippen LogP contribution in [0.3, 0.4) is 0 Å². The van der Waals surface area contributed by atoms with Crippen LogP contribution in [0.4, 0.5) is 5.82 Å². The smallest absolute Gasteiger partial charge is 0.147 e. The molecule has 106 valence electrons. The first-order valence-electron chi connectivity index (χ1n) is 6.93. The Morgan fingerprint density at radius 2 is 2.11 bits per heavy atom. The second-order valence-corrected chi connectivity index (χ2v) is 7.15. The fraction of sp³-hybridized carbons (Fsp3) is 0.714. The SMILES string of the molecule is CC(C)(C)NCc1cncc(N2CCCSCC2)n1. The molecule has 0 spiro atoms. The molecule has 0 unspecified atom stereocenters. The quantitative estimate of drug-likeness (QED) is 0.920. The summed E-state index contributed by atoms with van der Waals surface area (Å²) in [4.78, 5) is 11.4. The normalized spacial score (nSPS) is 17.3. The summed E-state index contributed by atoms with van der Waals surface area (Å²) >= 11 is 2.03. The van der Waals surface area contributed by atoms with Gasteiger partial charge in [-0.05, 0) is 32.9 Å². The minimum Gasteiger partial charge on any atom is -0.354 e. The number of hydrogen-bond acceptors (Lipinski definition) is 5. The van der Waals surface area contributed by atoms with Gasteiger partial charge in [-0.2, -0.15) is 11.8 Å². The van der Waals surface area contributed by atoms with E-state index in [9.17, 15) is 0 Å². The van der Waals surface area contributed by atoms with Crippen molar-refractivity contribution in [1.29, 1.82) is 0 Å². The van der Waals surface area contributed by atoms with Crippen molar-refractivity contribution in [3.63, 3.8) is 0 Å². The third-order valence-corrected chi connectivity index (χ3v) is 4.07. The maximum atomic E-state index is 4.73. The molecule has 4 nitrogen and oxygen atoms in total. The lowest BCUT2D eigenvalue weighted by atomic mass is 10.1. The van der Waals surface area contributed by atoms with Gasteiger partial charge in [0.1, 0.15) is 5.82 Å². The number of hydrogen-bond donors (Lipinski definition) is 1. The summed E-state index contributed by atoms with van der Waals surface area (Å²) < 4.78 is 0. The van der Waals surface area contributed by atoms with Crippen molar-refractivity contribution in [1.82, 2.24) is 15.3 Å². The summed E-state index contributed by atoms with van der Waals surface area (Å²) in [6.45, 7) is 9.43. The Balaban J connectivity index is 2.01. The second kappa shape index (κ2) is 6.57. The lowest BCUT2D eigenvalue weighted by Gasteiger charge is -2.23. The molecule has 2 heterocycles. The Morgan fingerprint density at radius 3 is 2.89 bits per heavy atom. The number of anilines is 1. The molecule has 19 heavy (non-hydrogen) atoms. The van der Waals surface area contributed by atoms with Crippen molar-refractivity contribution in [3.8, 4) is 0 Å². The van der Waals surface area contributed by atoms with Crippen LogP contribution in [0.1, 0.15) is 32.9 Å². The largest absolute Gasteiger partial charge is 0.354 e. The van der Waals surface area contributed by atoms with Crippen LogP contribution in [-0.4, -0.2) is 40.1 Å². The van der Waals surface area contributed by atoms with Gasteiger partial charge in [0, 0.05) is 37.1 Å². The minimum absolute atomic E-state index is 0.108. The molecule has 0 amide bonds. The molecular weight excluding hydrogens is 256 g/mol. The third kappa shape index (κ3) is 4.99. The summed E-state index contributed by atoms with van der Waals surface area (Å²) in [6.07, 6.45) is 4.97. The van der Waals surface area contributed by atoms with Crippen LogP contribution < -0.4 is 10.2 Å². The molecule has 0 atom stereocenters. The number of thioether (sulfide) groups is 1. The fourth-order valence-corrected chi connectivity index (χ4v) is 2.85. The van der Waals surface area contributed by atoms with Crippen LogP contribution in [-0.2, 0) is 6.54 Å². The molecule has 1 N–H and O–H groups in total. The van der Waals surface area contributed by atoms with Gasteiger partial charge in [0.05, 0.1) is 11.9 Å². The van der Waals surface area contributed by atoms with Gasteiger partial charge in [0.25, 0.3) is 0 Å². The third-order valence-electron chi connectivity index (χ3n) is 3.02. The summed E-state index contributed by atoms with van der Waals surface area (Å²) in [5.74, 6) is 3.47. The van der Waals surface area contributed by atoms with Gasteiger partial charge in [-0.15, -0.1) is 0 Å². The molecule has 0 aromatic carbocycles. The van der Waals surface area contributed by atoms with Gasteiger partial charge in [0.15, 0.2) is 0 Å². The highest BCUT2D eigenvalue weighted by Gasteiger charge is 2.13. The standard InChI is InChI=1S/C14H24N4S/c1-14(2,3)16-10-12-9-15-11-13(17-12)18-5-4-7-19-8-6-18/h9,11,16H,4-8,10H2,1-3H3. The Labute approximate surface area is 120 Å². The van der Waals surface area contributed by atoms with Crippen LogP contribution in [0.25, 0.3) is 0 Å². The highest BCUT2D eigenvalue weighted by atomic mass is 32.2. The maximum Gasteiger partial charge on any atom is 0.147 e. The van der Waals surface area contributed by atoms with Crippen LogP contribution in [0.5, 0.6) is 0 Å². The van der Waals surface area contributed by atoms with Crippen LogP contribution >= 0.6 is 11.8 Å².